The lowest BCUT2D eigenvalue weighted by molar-refractivity contribution is -0.144. The maximum absolute atomic E-state index is 12.5. The van der Waals surface area contributed by atoms with E-state index < -0.39 is 81.0 Å². The molecule has 36 heteroatoms. The quantitative estimate of drug-likeness (QED) is 0.0499. The molecular formula is C73H97ClF3N15O14S3. The zero-order valence-electron chi connectivity index (χ0n) is 65.0. The van der Waals surface area contributed by atoms with E-state index in [1.54, 1.807) is 52.2 Å². The summed E-state index contributed by atoms with van der Waals surface area (Å²) in [5, 5.41) is 42.9. The van der Waals surface area contributed by atoms with Crippen LogP contribution >= 0.6 is 11.6 Å². The van der Waals surface area contributed by atoms with Gasteiger partial charge in [0.2, 0.25) is 17.2 Å². The number of aromatic nitrogens is 12. The minimum atomic E-state index is -4.66. The molecule has 3 aliphatic heterocycles. The van der Waals surface area contributed by atoms with Crippen LogP contribution in [0.1, 0.15) is 193 Å². The van der Waals surface area contributed by atoms with Gasteiger partial charge in [0.1, 0.15) is 17.5 Å². The molecule has 3 atom stereocenters. The standard InChI is InChI=1S/C24H31N5O5S.C23H31N5O4S.C16H21N3O4S.C8H8ClF3N2O.C2H6/c1-13(2)20-21-27-17-10-15(22(30)34-6)19(35(7,32)33)11-18(17)28(21)8-9-29(20)23-25-12-16(14(3)26-23)24(4,5)31;1-13(2)20-21-26-17-9-15(12-29)19(33(6,31)32)10-18(17)27(21)7-8-28(20)22-24-11-16(14(3)25-22)23(4,5)30;1-9(2)14-15-18-11-7-10(16(20)23-3)13(24(4,21)22)8-12(11)19(15)6-5-17-14;1-7(2,15)4-3-13-6(9)14-5(4)8(10,11)12;1-2/h10-13,20,31H,8-9H2,1-7H3;9-11,13,20,29-30H,7-8,12H2,1-6H3;7-9,14,17H,5-6H2,1-4H3;3,15H,1-2H3;1-2H3/t20-;;14-;;/m1.1../s1. The summed E-state index contributed by atoms with van der Waals surface area (Å²) in [5.41, 5.74) is 1.63. The van der Waals surface area contributed by atoms with Crippen LogP contribution in [0.5, 0.6) is 0 Å². The van der Waals surface area contributed by atoms with Crippen LogP contribution in [0.2, 0.25) is 5.28 Å². The fraction of sp³-hybridized carbons (Fsp3) is 0.521. The predicted octanol–water partition coefficient (Wildman–Crippen LogP) is 10.2. The number of methoxy groups -OCH3 is 2. The van der Waals surface area contributed by atoms with Crippen molar-refractivity contribution in [2.45, 2.75) is 193 Å². The summed E-state index contributed by atoms with van der Waals surface area (Å²) < 4.78 is 127. The van der Waals surface area contributed by atoms with E-state index in [2.05, 4.69) is 86.1 Å². The number of sulfone groups is 3. The fourth-order valence-electron chi connectivity index (χ4n) is 13.7. The van der Waals surface area contributed by atoms with Gasteiger partial charge in [-0.05, 0) is 127 Å². The van der Waals surface area contributed by atoms with Crippen molar-refractivity contribution in [2.24, 2.45) is 17.8 Å². The number of nitrogens with one attached hydrogen (secondary N) is 1. The van der Waals surface area contributed by atoms with Crippen LogP contribution in [0, 0.1) is 31.6 Å². The van der Waals surface area contributed by atoms with E-state index in [-0.39, 0.29) is 62.4 Å². The number of alkyl halides is 3. The van der Waals surface area contributed by atoms with Crippen LogP contribution in [-0.2, 0) is 88.2 Å². The van der Waals surface area contributed by atoms with Gasteiger partial charge >= 0.3 is 18.1 Å². The molecule has 0 radical (unpaired) electrons. The van der Waals surface area contributed by atoms with Crippen LogP contribution in [0.3, 0.4) is 0 Å². The van der Waals surface area contributed by atoms with Crippen LogP contribution in [-0.4, -0.2) is 169 Å². The second-order valence-corrected chi connectivity index (χ2v) is 35.6. The fourth-order valence-corrected chi connectivity index (χ4v) is 16.5. The third-order valence-corrected chi connectivity index (χ3v) is 22.2. The zero-order valence-corrected chi connectivity index (χ0v) is 68.2. The molecule has 0 aliphatic carbocycles. The lowest BCUT2D eigenvalue weighted by Gasteiger charge is -2.38. The predicted molar refractivity (Wildman–Crippen MR) is 405 cm³/mol. The molecule has 12 rings (SSSR count). The molecule has 29 nitrogen and oxygen atoms in total. The summed E-state index contributed by atoms with van der Waals surface area (Å²) in [6.07, 6.45) is 2.86. The molecule has 9 aromatic rings. The first-order valence-corrected chi connectivity index (χ1v) is 41.2. The summed E-state index contributed by atoms with van der Waals surface area (Å²) in [6, 6.07) is 9.12. The number of hydrogen-bond acceptors (Lipinski definition) is 26. The number of nitrogens with zero attached hydrogens (tertiary/aromatic N) is 14. The van der Waals surface area contributed by atoms with Crippen molar-refractivity contribution in [2.75, 3.05) is 62.4 Å². The molecule has 0 saturated heterocycles. The van der Waals surface area contributed by atoms with Gasteiger partial charge in [-0.25, -0.2) is 79.7 Å². The molecule has 6 aromatic heterocycles. The summed E-state index contributed by atoms with van der Waals surface area (Å²) in [4.78, 5) is 68.0. The van der Waals surface area contributed by atoms with Gasteiger partial charge in [0.25, 0.3) is 0 Å². The first-order chi connectivity index (χ1) is 50.4. The Morgan fingerprint density at radius 3 is 1.25 bits per heavy atom. The number of esters is 2. The van der Waals surface area contributed by atoms with E-state index in [1.165, 1.54) is 52.3 Å². The molecule has 109 heavy (non-hydrogen) atoms. The molecule has 594 valence electrons. The topological polar surface area (TPSA) is 385 Å². The van der Waals surface area contributed by atoms with E-state index >= 15 is 0 Å². The number of aliphatic hydroxyl groups is 4. The number of imidazole rings is 3. The summed E-state index contributed by atoms with van der Waals surface area (Å²) in [7, 11) is -8.30. The number of aliphatic hydroxyl groups excluding tert-OH is 1. The Kier molecular flexibility index (Phi) is 25.7. The number of rotatable bonds is 14. The van der Waals surface area contributed by atoms with E-state index in [9.17, 15) is 68.4 Å². The van der Waals surface area contributed by atoms with Gasteiger partial charge in [-0.2, -0.15) is 13.2 Å². The molecule has 0 saturated carbocycles. The normalized spacial score (nSPS) is 16.3. The largest absolute Gasteiger partial charge is 0.465 e. The SMILES string of the molecule is CC.CC(C)(O)c1cnc(Cl)nc1C(F)(F)F.COC(=O)c1cc2nc3n(c2cc1S(C)(=O)=O)CCN(c1ncc(C(C)(C)O)c(C)n1)[C@@H]3C(C)C.COC(=O)c1cc2nc3n(c2cc1S(C)(=O)=O)CCN[C@@H]3C(C)C.Cc1nc(N2CCn3c(nc4cc(CO)c(S(C)(=O)=O)cc43)C2C(C)C)ncc1C(C)(C)O. The van der Waals surface area contributed by atoms with Gasteiger partial charge < -0.3 is 58.7 Å². The average molecular weight is 1600 g/mol. The van der Waals surface area contributed by atoms with E-state index in [1.807, 2.05) is 36.8 Å². The Balaban J connectivity index is 0.000000188. The highest BCUT2D eigenvalue weighted by Gasteiger charge is 2.42. The lowest BCUT2D eigenvalue weighted by atomic mass is 9.98. The summed E-state index contributed by atoms with van der Waals surface area (Å²) in [6.45, 7) is 33.0. The van der Waals surface area contributed by atoms with Gasteiger partial charge in [0, 0.05) is 105 Å². The van der Waals surface area contributed by atoms with Gasteiger partial charge in [-0.15, -0.1) is 0 Å². The maximum atomic E-state index is 12.5. The van der Waals surface area contributed by atoms with Gasteiger partial charge in [-0.1, -0.05) is 55.4 Å². The Bertz CT molecular complexity index is 5280. The van der Waals surface area contributed by atoms with Crippen molar-refractivity contribution < 1.29 is 77.9 Å². The Morgan fingerprint density at radius 2 is 0.908 bits per heavy atom. The van der Waals surface area contributed by atoms with Crippen molar-refractivity contribution in [1.82, 2.24) is 63.9 Å². The maximum Gasteiger partial charge on any atom is 0.433 e. The Morgan fingerprint density at radius 1 is 0.541 bits per heavy atom. The number of anilines is 2. The average Bonchev–Trinajstić information content (AvgIpc) is 1.61. The molecule has 0 spiro atoms. The highest BCUT2D eigenvalue weighted by Crippen LogP contribution is 2.42. The number of carbonyl (C=O) groups excluding carboxylic acids is 2. The molecule has 3 aromatic carbocycles. The number of carbonyl (C=O) groups is 2. The summed E-state index contributed by atoms with van der Waals surface area (Å²) >= 11 is 5.27. The third kappa shape index (κ3) is 18.5. The highest BCUT2D eigenvalue weighted by molar-refractivity contribution is 7.91. The number of fused-ring (bicyclic) bond motifs is 9. The number of ether oxygens (including phenoxy) is 2. The molecule has 0 amide bonds. The minimum absolute atomic E-state index is 0.0239. The first kappa shape index (κ1) is 86.2. The second kappa shape index (κ2) is 32.5. The van der Waals surface area contributed by atoms with Crippen molar-refractivity contribution in [3.05, 3.63) is 128 Å². The number of benzene rings is 3. The number of aryl methyl sites for hydroxylation is 2. The molecule has 1 unspecified atom stereocenters. The van der Waals surface area contributed by atoms with E-state index in [4.69, 9.17) is 41.0 Å². The van der Waals surface area contributed by atoms with Crippen molar-refractivity contribution in [3.63, 3.8) is 0 Å². The highest BCUT2D eigenvalue weighted by atomic mass is 35.5. The van der Waals surface area contributed by atoms with E-state index in [0.717, 1.165) is 65.7 Å². The van der Waals surface area contributed by atoms with Crippen LogP contribution in [0.4, 0.5) is 25.1 Å². The van der Waals surface area contributed by atoms with Crippen molar-refractivity contribution >= 4 is 98.0 Å². The molecule has 5 N–H and O–H groups in total. The molecule has 9 heterocycles. The first-order valence-electron chi connectivity index (χ1n) is 35.1. The van der Waals surface area contributed by atoms with Gasteiger partial charge in [0.15, 0.2) is 35.2 Å². The third-order valence-electron chi connectivity index (χ3n) is 18.6. The van der Waals surface area contributed by atoms with Crippen LogP contribution in [0.25, 0.3) is 33.1 Å². The van der Waals surface area contributed by atoms with Crippen LogP contribution < -0.4 is 15.1 Å². The summed E-state index contributed by atoms with van der Waals surface area (Å²) in [5.74, 6) is 2.78. The number of hydrogen-bond donors (Lipinski definition) is 5. The monoisotopic (exact) mass is 1600 g/mol. The van der Waals surface area contributed by atoms with Crippen molar-refractivity contribution in [1.29, 1.82) is 0 Å². The molecular weight excluding hydrogens is 1500 g/mol. The van der Waals surface area contributed by atoms with Crippen LogP contribution in [0.15, 0.2) is 69.7 Å². The Hall–Kier alpha value is -8.42. The van der Waals surface area contributed by atoms with E-state index in [0.29, 0.717) is 95.0 Å². The molecule has 0 fully saturated rings. The minimum Gasteiger partial charge on any atom is -0.465 e. The van der Waals surface area contributed by atoms with Crippen molar-refractivity contribution in [3.8, 4) is 0 Å². The second-order valence-electron chi connectivity index (χ2n) is 29.3. The smallest absolute Gasteiger partial charge is 0.433 e. The van der Waals surface area contributed by atoms with Gasteiger partial charge in [-0.3, -0.25) is 0 Å². The zero-order chi connectivity index (χ0) is 81.7. The lowest BCUT2D eigenvalue weighted by Crippen LogP contribution is -2.42. The number of halogens is 4. The molecule has 3 aliphatic rings. The molecule has 0 bridgehead atoms. The van der Waals surface area contributed by atoms with Gasteiger partial charge in [0.05, 0.1) is 115 Å². The Labute approximate surface area is 637 Å².